The van der Waals surface area contributed by atoms with Crippen LogP contribution in [0.15, 0.2) is 28.7 Å². The van der Waals surface area contributed by atoms with E-state index in [1.165, 1.54) is 22.9 Å². The number of halogens is 1. The van der Waals surface area contributed by atoms with Crippen molar-refractivity contribution in [3.8, 4) is 0 Å². The second-order valence-corrected chi connectivity index (χ2v) is 6.74. The van der Waals surface area contributed by atoms with Crippen LogP contribution in [-0.4, -0.2) is 50.3 Å². The number of ether oxygens (including phenoxy) is 1. The van der Waals surface area contributed by atoms with Gasteiger partial charge in [-0.3, -0.25) is 4.90 Å². The quantitative estimate of drug-likeness (QED) is 0.893. The molecular weight excluding hydrogens is 316 g/mol. The van der Waals surface area contributed by atoms with E-state index in [1.807, 2.05) is 0 Å². The van der Waals surface area contributed by atoms with Gasteiger partial charge in [-0.1, -0.05) is 28.1 Å². The Hall–Kier alpha value is -0.420. The van der Waals surface area contributed by atoms with Gasteiger partial charge < -0.3 is 10.1 Å². The molecule has 1 saturated carbocycles. The number of rotatable bonds is 5. The summed E-state index contributed by atoms with van der Waals surface area (Å²) in [5.41, 5.74) is 1.48. The van der Waals surface area contributed by atoms with Crippen molar-refractivity contribution >= 4 is 15.9 Å². The first-order valence-corrected chi connectivity index (χ1v) is 8.39. The monoisotopic (exact) mass is 338 g/mol. The topological polar surface area (TPSA) is 24.5 Å². The fourth-order valence-corrected chi connectivity index (χ4v) is 3.49. The summed E-state index contributed by atoms with van der Waals surface area (Å²) in [6.45, 7) is 6.24. The molecule has 0 radical (unpaired) electrons. The molecular formula is C16H23BrN2O. The van der Waals surface area contributed by atoms with Crippen LogP contribution in [0.5, 0.6) is 0 Å². The SMILES string of the molecule is Brc1cccc(C2CC(NCCN3CCOCC3)C2)c1. The lowest BCUT2D eigenvalue weighted by atomic mass is 9.76. The largest absolute Gasteiger partial charge is 0.379 e. The molecule has 0 bridgehead atoms. The van der Waals surface area contributed by atoms with E-state index < -0.39 is 0 Å². The molecule has 3 rings (SSSR count). The smallest absolute Gasteiger partial charge is 0.0594 e. The number of hydrogen-bond acceptors (Lipinski definition) is 3. The molecule has 110 valence electrons. The van der Waals surface area contributed by atoms with E-state index in [0.29, 0.717) is 6.04 Å². The maximum atomic E-state index is 5.37. The van der Waals surface area contributed by atoms with Gasteiger partial charge in [-0.25, -0.2) is 0 Å². The molecule has 0 spiro atoms. The summed E-state index contributed by atoms with van der Waals surface area (Å²) in [4.78, 5) is 2.49. The summed E-state index contributed by atoms with van der Waals surface area (Å²) >= 11 is 3.55. The third-order valence-corrected chi connectivity index (χ3v) is 4.92. The van der Waals surface area contributed by atoms with Crippen LogP contribution >= 0.6 is 15.9 Å². The van der Waals surface area contributed by atoms with Gasteiger partial charge in [0.1, 0.15) is 0 Å². The fraction of sp³-hybridized carbons (Fsp3) is 0.625. The van der Waals surface area contributed by atoms with Crippen molar-refractivity contribution in [3.05, 3.63) is 34.3 Å². The fourth-order valence-electron chi connectivity index (χ4n) is 3.07. The van der Waals surface area contributed by atoms with Crippen molar-refractivity contribution < 1.29 is 4.74 Å². The average molecular weight is 339 g/mol. The number of benzene rings is 1. The van der Waals surface area contributed by atoms with Crippen molar-refractivity contribution in [3.63, 3.8) is 0 Å². The summed E-state index contributed by atoms with van der Waals surface area (Å²) < 4.78 is 6.56. The van der Waals surface area contributed by atoms with Crippen LogP contribution in [0, 0.1) is 0 Å². The van der Waals surface area contributed by atoms with Crippen molar-refractivity contribution in [2.24, 2.45) is 0 Å². The van der Waals surface area contributed by atoms with Gasteiger partial charge in [0.05, 0.1) is 13.2 Å². The molecule has 1 aliphatic heterocycles. The van der Waals surface area contributed by atoms with Gasteiger partial charge in [-0.15, -0.1) is 0 Å². The van der Waals surface area contributed by atoms with Crippen LogP contribution in [-0.2, 0) is 4.74 Å². The Morgan fingerprint density at radius 1 is 1.25 bits per heavy atom. The van der Waals surface area contributed by atoms with E-state index in [4.69, 9.17) is 4.74 Å². The summed E-state index contributed by atoms with van der Waals surface area (Å²) in [5.74, 6) is 0.744. The zero-order valence-electron chi connectivity index (χ0n) is 11.9. The van der Waals surface area contributed by atoms with E-state index in [2.05, 4.69) is 50.4 Å². The first-order valence-electron chi connectivity index (χ1n) is 7.60. The van der Waals surface area contributed by atoms with Gasteiger partial charge >= 0.3 is 0 Å². The minimum Gasteiger partial charge on any atom is -0.379 e. The van der Waals surface area contributed by atoms with E-state index in [1.54, 1.807) is 0 Å². The van der Waals surface area contributed by atoms with Crippen LogP contribution in [0.25, 0.3) is 0 Å². The molecule has 1 N–H and O–H groups in total. The van der Waals surface area contributed by atoms with Crippen LogP contribution in [0.2, 0.25) is 0 Å². The molecule has 20 heavy (non-hydrogen) atoms. The average Bonchev–Trinajstić information content (AvgIpc) is 2.42. The summed E-state index contributed by atoms with van der Waals surface area (Å²) in [7, 11) is 0. The lowest BCUT2D eigenvalue weighted by molar-refractivity contribution is 0.0376. The predicted octanol–water partition coefficient (Wildman–Crippen LogP) is 2.62. The highest BCUT2D eigenvalue weighted by atomic mass is 79.9. The number of nitrogens with one attached hydrogen (secondary N) is 1. The van der Waals surface area contributed by atoms with Crippen LogP contribution in [0.1, 0.15) is 24.3 Å². The van der Waals surface area contributed by atoms with Crippen molar-refractivity contribution in [2.75, 3.05) is 39.4 Å². The van der Waals surface area contributed by atoms with Crippen LogP contribution in [0.3, 0.4) is 0 Å². The summed E-state index contributed by atoms with van der Waals surface area (Å²) in [6, 6.07) is 9.45. The minimum absolute atomic E-state index is 0.708. The van der Waals surface area contributed by atoms with E-state index in [9.17, 15) is 0 Å². The van der Waals surface area contributed by atoms with Gasteiger partial charge in [0, 0.05) is 36.7 Å². The number of morpholine rings is 1. The van der Waals surface area contributed by atoms with Gasteiger partial charge in [0.15, 0.2) is 0 Å². The molecule has 4 heteroatoms. The summed E-state index contributed by atoms with van der Waals surface area (Å²) in [6.07, 6.45) is 2.55. The molecule has 0 amide bonds. The Morgan fingerprint density at radius 2 is 2.05 bits per heavy atom. The first kappa shape index (κ1) is 14.5. The molecule has 3 nitrogen and oxygen atoms in total. The second-order valence-electron chi connectivity index (χ2n) is 5.83. The van der Waals surface area contributed by atoms with E-state index in [-0.39, 0.29) is 0 Å². The maximum Gasteiger partial charge on any atom is 0.0594 e. The lowest BCUT2D eigenvalue weighted by Gasteiger charge is -2.37. The van der Waals surface area contributed by atoms with Gasteiger partial charge in [0.2, 0.25) is 0 Å². The third kappa shape index (κ3) is 3.82. The standard InChI is InChI=1S/C16H23BrN2O/c17-15-3-1-2-13(10-15)14-11-16(12-14)18-4-5-19-6-8-20-9-7-19/h1-3,10,14,16,18H,4-9,11-12H2. The maximum absolute atomic E-state index is 5.37. The molecule has 0 atom stereocenters. The highest BCUT2D eigenvalue weighted by Crippen LogP contribution is 2.37. The van der Waals surface area contributed by atoms with E-state index in [0.717, 1.165) is 45.3 Å². The summed E-state index contributed by atoms with van der Waals surface area (Å²) in [5, 5.41) is 3.69. The Bertz CT molecular complexity index is 428. The molecule has 1 heterocycles. The molecule has 0 aromatic heterocycles. The van der Waals surface area contributed by atoms with Gasteiger partial charge in [-0.2, -0.15) is 0 Å². The highest BCUT2D eigenvalue weighted by Gasteiger charge is 2.29. The van der Waals surface area contributed by atoms with Crippen molar-refractivity contribution in [2.45, 2.75) is 24.8 Å². The number of nitrogens with zero attached hydrogens (tertiary/aromatic N) is 1. The molecule has 1 aliphatic carbocycles. The Kier molecular flexibility index (Phi) is 5.10. The van der Waals surface area contributed by atoms with Crippen molar-refractivity contribution in [1.82, 2.24) is 10.2 Å². The Balaban J connectivity index is 1.34. The number of hydrogen-bond donors (Lipinski definition) is 1. The van der Waals surface area contributed by atoms with Crippen molar-refractivity contribution in [1.29, 1.82) is 0 Å². The molecule has 1 saturated heterocycles. The molecule has 2 fully saturated rings. The Labute approximate surface area is 129 Å². The first-order chi connectivity index (χ1) is 9.81. The lowest BCUT2D eigenvalue weighted by Crippen LogP contribution is -2.45. The van der Waals surface area contributed by atoms with Gasteiger partial charge in [0.25, 0.3) is 0 Å². The third-order valence-electron chi connectivity index (χ3n) is 4.42. The predicted molar refractivity (Wildman–Crippen MR) is 85.2 cm³/mol. The molecule has 1 aromatic carbocycles. The van der Waals surface area contributed by atoms with Gasteiger partial charge in [-0.05, 0) is 36.5 Å². The Morgan fingerprint density at radius 3 is 2.80 bits per heavy atom. The second kappa shape index (κ2) is 7.03. The minimum atomic E-state index is 0.708. The zero-order chi connectivity index (χ0) is 13.8. The molecule has 2 aliphatic rings. The van der Waals surface area contributed by atoms with E-state index >= 15 is 0 Å². The highest BCUT2D eigenvalue weighted by molar-refractivity contribution is 9.10. The van der Waals surface area contributed by atoms with Crippen LogP contribution < -0.4 is 5.32 Å². The zero-order valence-corrected chi connectivity index (χ0v) is 13.4. The molecule has 0 unspecified atom stereocenters. The van der Waals surface area contributed by atoms with Crippen LogP contribution in [0.4, 0.5) is 0 Å². The molecule has 1 aromatic rings. The normalized spacial score (nSPS) is 27.2.